The fourth-order valence-corrected chi connectivity index (χ4v) is 4.55. The highest BCUT2D eigenvalue weighted by atomic mass is 31.2. The monoisotopic (exact) mass is 445 g/mol. The number of rotatable bonds is 24. The van der Waals surface area contributed by atoms with Crippen LogP contribution in [0.4, 0.5) is 0 Å². The zero-order valence-corrected chi connectivity index (χ0v) is 20.3. The average Bonchev–Trinajstić information content (AvgIpc) is 2.70. The molecule has 0 heterocycles. The molecule has 5 nitrogen and oxygen atoms in total. The highest BCUT2D eigenvalue weighted by Crippen LogP contribution is 2.35. The van der Waals surface area contributed by atoms with Crippen molar-refractivity contribution < 1.29 is 19.1 Å². The second-order valence-corrected chi connectivity index (χ2v) is 10.6. The Hall–Kier alpha value is -0.470. The van der Waals surface area contributed by atoms with Gasteiger partial charge in [-0.1, -0.05) is 122 Å². The van der Waals surface area contributed by atoms with Crippen LogP contribution in [0.15, 0.2) is 4.99 Å². The minimum atomic E-state index is -3.77. The first-order valence-corrected chi connectivity index (χ1v) is 14.4. The number of aliphatic imine (C=N–C) groups is 1. The van der Waals surface area contributed by atoms with Gasteiger partial charge in [0.05, 0.1) is 6.54 Å². The van der Waals surface area contributed by atoms with Crippen molar-refractivity contribution in [2.24, 2.45) is 4.99 Å². The standard InChI is InChI=1S/C24H48NO4P/c26-24-25-22-20-18-16-14-12-10-8-6-4-2-1-3-5-7-9-11-13-15-17-19-21-23-30(27,28)29/h1-23H2,(H2,27,28,29). The van der Waals surface area contributed by atoms with Gasteiger partial charge in [-0.2, -0.15) is 0 Å². The minimum Gasteiger partial charge on any atom is -0.324 e. The Morgan fingerprint density at radius 1 is 0.500 bits per heavy atom. The van der Waals surface area contributed by atoms with Crippen molar-refractivity contribution in [3.05, 3.63) is 0 Å². The van der Waals surface area contributed by atoms with E-state index in [4.69, 9.17) is 9.79 Å². The molecule has 0 aromatic rings. The molecule has 0 saturated heterocycles. The number of hydrogen-bond acceptors (Lipinski definition) is 3. The third-order valence-electron chi connectivity index (χ3n) is 5.78. The molecule has 0 amide bonds. The van der Waals surface area contributed by atoms with Crippen LogP contribution in [-0.2, 0) is 9.36 Å². The second kappa shape index (κ2) is 23.2. The third-order valence-corrected chi connectivity index (χ3v) is 6.68. The summed E-state index contributed by atoms with van der Waals surface area (Å²) in [5.74, 6) is 0. The largest absolute Gasteiger partial charge is 0.325 e. The molecule has 6 heteroatoms. The molecule has 0 aromatic heterocycles. The van der Waals surface area contributed by atoms with Gasteiger partial charge in [-0.25, -0.2) is 9.79 Å². The summed E-state index contributed by atoms with van der Waals surface area (Å²) in [6.07, 6.45) is 28.1. The van der Waals surface area contributed by atoms with E-state index in [1.807, 2.05) is 0 Å². The molecule has 0 radical (unpaired) electrons. The summed E-state index contributed by atoms with van der Waals surface area (Å²) in [7, 11) is -3.77. The maximum Gasteiger partial charge on any atom is 0.325 e. The van der Waals surface area contributed by atoms with Crippen molar-refractivity contribution in [3.63, 3.8) is 0 Å². The van der Waals surface area contributed by atoms with E-state index >= 15 is 0 Å². The van der Waals surface area contributed by atoms with Gasteiger partial charge in [0.15, 0.2) is 0 Å². The Balaban J connectivity index is 3.05. The van der Waals surface area contributed by atoms with E-state index in [0.29, 0.717) is 13.0 Å². The van der Waals surface area contributed by atoms with Gasteiger partial charge in [0.25, 0.3) is 0 Å². The van der Waals surface area contributed by atoms with E-state index < -0.39 is 7.60 Å². The molecule has 30 heavy (non-hydrogen) atoms. The lowest BCUT2D eigenvalue weighted by Gasteiger charge is -2.05. The lowest BCUT2D eigenvalue weighted by molar-refractivity contribution is 0.370. The molecule has 0 atom stereocenters. The molecule has 0 aromatic carbocycles. The Labute approximate surface area is 185 Å². The molecular formula is C24H48NO4P. The third kappa shape index (κ3) is 27.5. The number of hydrogen-bond donors (Lipinski definition) is 2. The molecule has 0 aliphatic heterocycles. The van der Waals surface area contributed by atoms with Crippen molar-refractivity contribution in [2.45, 2.75) is 135 Å². The van der Waals surface area contributed by atoms with Gasteiger partial charge in [-0.15, -0.1) is 0 Å². The number of unbranched alkanes of at least 4 members (excludes halogenated alkanes) is 20. The average molecular weight is 446 g/mol. The first kappa shape index (κ1) is 29.5. The molecular weight excluding hydrogens is 397 g/mol. The smallest absolute Gasteiger partial charge is 0.324 e. The quantitative estimate of drug-likeness (QED) is 0.0690. The molecule has 178 valence electrons. The van der Waals surface area contributed by atoms with Gasteiger partial charge in [-0.3, -0.25) is 4.57 Å². The van der Waals surface area contributed by atoms with Crippen LogP contribution in [0.2, 0.25) is 0 Å². The Morgan fingerprint density at radius 2 is 0.767 bits per heavy atom. The molecule has 2 N–H and O–H groups in total. The normalized spacial score (nSPS) is 11.5. The Bertz CT molecular complexity index is 446. The molecule has 0 bridgehead atoms. The van der Waals surface area contributed by atoms with Gasteiger partial charge < -0.3 is 9.79 Å². The molecule has 0 saturated carbocycles. The maximum atomic E-state index is 10.7. The van der Waals surface area contributed by atoms with Gasteiger partial charge >= 0.3 is 7.60 Å². The summed E-state index contributed by atoms with van der Waals surface area (Å²) < 4.78 is 10.7. The summed E-state index contributed by atoms with van der Waals surface area (Å²) >= 11 is 0. The summed E-state index contributed by atoms with van der Waals surface area (Å²) in [5.41, 5.74) is 0. The zero-order valence-electron chi connectivity index (χ0n) is 19.4. The summed E-state index contributed by atoms with van der Waals surface area (Å²) in [5, 5.41) is 0. The van der Waals surface area contributed by atoms with Crippen LogP contribution in [-0.4, -0.2) is 28.6 Å². The van der Waals surface area contributed by atoms with E-state index in [1.54, 1.807) is 6.08 Å². The number of nitrogens with zero attached hydrogens (tertiary/aromatic N) is 1. The van der Waals surface area contributed by atoms with Crippen molar-refractivity contribution in [3.8, 4) is 0 Å². The van der Waals surface area contributed by atoms with E-state index in [-0.39, 0.29) is 6.16 Å². The van der Waals surface area contributed by atoms with Gasteiger partial charge in [-0.05, 0) is 12.8 Å². The first-order valence-electron chi connectivity index (χ1n) is 12.6. The van der Waals surface area contributed by atoms with Crippen LogP contribution in [0.1, 0.15) is 135 Å². The van der Waals surface area contributed by atoms with Crippen molar-refractivity contribution in [1.82, 2.24) is 0 Å². The first-order chi connectivity index (χ1) is 14.6. The van der Waals surface area contributed by atoms with Crippen LogP contribution in [0.3, 0.4) is 0 Å². The predicted molar refractivity (Wildman–Crippen MR) is 127 cm³/mol. The van der Waals surface area contributed by atoms with Gasteiger partial charge in [0, 0.05) is 6.16 Å². The molecule has 0 aliphatic rings. The lowest BCUT2D eigenvalue weighted by atomic mass is 10.0. The molecule has 0 unspecified atom stereocenters. The summed E-state index contributed by atoms with van der Waals surface area (Å²) in [4.78, 5) is 31.1. The fraction of sp³-hybridized carbons (Fsp3) is 0.958. The van der Waals surface area contributed by atoms with E-state index in [2.05, 4.69) is 4.99 Å². The van der Waals surface area contributed by atoms with Crippen LogP contribution in [0.5, 0.6) is 0 Å². The Kier molecular flexibility index (Phi) is 22.8. The van der Waals surface area contributed by atoms with E-state index in [1.165, 1.54) is 109 Å². The highest BCUT2D eigenvalue weighted by Gasteiger charge is 2.10. The van der Waals surface area contributed by atoms with Crippen molar-refractivity contribution >= 4 is 13.7 Å². The minimum absolute atomic E-state index is 0.0502. The molecule has 0 rings (SSSR count). The van der Waals surface area contributed by atoms with E-state index in [9.17, 15) is 9.36 Å². The second-order valence-electron chi connectivity index (χ2n) is 8.79. The van der Waals surface area contributed by atoms with Crippen LogP contribution in [0.25, 0.3) is 0 Å². The highest BCUT2D eigenvalue weighted by molar-refractivity contribution is 7.51. The topological polar surface area (TPSA) is 87.0 Å². The van der Waals surface area contributed by atoms with Gasteiger partial charge in [0.1, 0.15) is 0 Å². The van der Waals surface area contributed by atoms with Crippen LogP contribution in [0, 0.1) is 0 Å². The van der Waals surface area contributed by atoms with Crippen LogP contribution >= 0.6 is 7.60 Å². The lowest BCUT2D eigenvalue weighted by Crippen LogP contribution is -1.88. The van der Waals surface area contributed by atoms with Crippen molar-refractivity contribution in [1.29, 1.82) is 0 Å². The number of carbonyl (C=O) groups excluding carboxylic acids is 1. The summed E-state index contributed by atoms with van der Waals surface area (Å²) in [6.45, 7) is 0.648. The molecule has 0 fully saturated rings. The maximum absolute atomic E-state index is 10.7. The Morgan fingerprint density at radius 3 is 1.03 bits per heavy atom. The summed E-state index contributed by atoms with van der Waals surface area (Å²) in [6, 6.07) is 0. The van der Waals surface area contributed by atoms with Gasteiger partial charge in [0.2, 0.25) is 6.08 Å². The molecule has 0 spiro atoms. The predicted octanol–water partition coefficient (Wildman–Crippen LogP) is 7.69. The number of isocyanates is 1. The zero-order chi connectivity index (χ0) is 22.2. The van der Waals surface area contributed by atoms with Crippen molar-refractivity contribution in [2.75, 3.05) is 12.7 Å². The fourth-order valence-electron chi connectivity index (χ4n) is 3.91. The molecule has 0 aliphatic carbocycles. The SMILES string of the molecule is O=C=NCCCCCCCCCCCCCCCCCCCCCCCP(=O)(O)O. The van der Waals surface area contributed by atoms with E-state index in [0.717, 1.165) is 19.3 Å². The van der Waals surface area contributed by atoms with Crippen LogP contribution < -0.4 is 0 Å².